The van der Waals surface area contributed by atoms with Gasteiger partial charge in [0.15, 0.2) is 0 Å². The van der Waals surface area contributed by atoms with Crippen LogP contribution < -0.4 is 5.73 Å². The molecular weight excluding hydrogens is 546 g/mol. The molecule has 0 saturated heterocycles. The van der Waals surface area contributed by atoms with Gasteiger partial charge in [0.25, 0.3) is 0 Å². The molecule has 0 saturated carbocycles. The summed E-state index contributed by atoms with van der Waals surface area (Å²) < 4.78 is 0. The van der Waals surface area contributed by atoms with Gasteiger partial charge in [-0.05, 0) is 51.5 Å². The first-order valence-corrected chi connectivity index (χ1v) is 15.7. The standard InChI is InChI=1S/C29H57N5O8/c1-31(39)26(35)18-11-5-2-8-14-23-32(40)27(36)19-12-6-3-9-15-24-33(41)28(37)20-13-7-4-10-16-25-34(42)29(38)21-17-22-30/h39-42H,2-25,30H2,1H3. The Morgan fingerprint density at radius 3 is 1.00 bits per heavy atom. The van der Waals surface area contributed by atoms with Gasteiger partial charge >= 0.3 is 0 Å². The fourth-order valence-corrected chi connectivity index (χ4v) is 4.38. The van der Waals surface area contributed by atoms with Crippen LogP contribution in [-0.2, 0) is 19.2 Å². The molecule has 13 heteroatoms. The zero-order valence-corrected chi connectivity index (χ0v) is 25.8. The minimum atomic E-state index is -0.311. The van der Waals surface area contributed by atoms with E-state index in [0.717, 1.165) is 73.0 Å². The van der Waals surface area contributed by atoms with Gasteiger partial charge in [-0.1, -0.05) is 57.8 Å². The first-order valence-electron chi connectivity index (χ1n) is 15.7. The highest BCUT2D eigenvalue weighted by atomic mass is 16.5. The minimum absolute atomic E-state index is 0.249. The number of hydrogen-bond donors (Lipinski definition) is 5. The normalized spacial score (nSPS) is 10.9. The lowest BCUT2D eigenvalue weighted by molar-refractivity contribution is -0.166. The zero-order chi connectivity index (χ0) is 31.6. The van der Waals surface area contributed by atoms with Crippen LogP contribution in [0.4, 0.5) is 0 Å². The molecule has 0 atom stereocenters. The molecule has 4 amide bonds. The van der Waals surface area contributed by atoms with Crippen LogP contribution >= 0.6 is 0 Å². The fraction of sp³-hybridized carbons (Fsp3) is 0.862. The maximum atomic E-state index is 12.1. The third-order valence-corrected chi connectivity index (χ3v) is 7.10. The Morgan fingerprint density at radius 2 is 0.690 bits per heavy atom. The van der Waals surface area contributed by atoms with Crippen LogP contribution in [0, 0.1) is 0 Å². The summed E-state index contributed by atoms with van der Waals surface area (Å²) in [5.41, 5.74) is 5.36. The Morgan fingerprint density at radius 1 is 0.429 bits per heavy atom. The van der Waals surface area contributed by atoms with Crippen molar-refractivity contribution in [2.45, 2.75) is 128 Å². The molecule has 0 aromatic carbocycles. The Bertz CT molecular complexity index is 741. The van der Waals surface area contributed by atoms with Crippen molar-refractivity contribution >= 4 is 23.6 Å². The van der Waals surface area contributed by atoms with Gasteiger partial charge in [-0.25, -0.2) is 20.3 Å². The summed E-state index contributed by atoms with van der Waals surface area (Å²) in [6, 6.07) is 0. The summed E-state index contributed by atoms with van der Waals surface area (Å²) in [5.74, 6) is -1.20. The summed E-state index contributed by atoms with van der Waals surface area (Å²) in [6.45, 7) is 1.28. The highest BCUT2D eigenvalue weighted by molar-refractivity contribution is 5.75. The van der Waals surface area contributed by atoms with Gasteiger partial charge in [-0.2, -0.15) is 0 Å². The molecule has 0 radical (unpaired) electrons. The second kappa shape index (κ2) is 26.3. The average Bonchev–Trinajstić information content (AvgIpc) is 2.97. The van der Waals surface area contributed by atoms with E-state index in [1.54, 1.807) is 0 Å². The van der Waals surface area contributed by atoms with Gasteiger partial charge in [0, 0.05) is 52.4 Å². The molecule has 13 nitrogen and oxygen atoms in total. The first kappa shape index (κ1) is 39.7. The molecule has 0 aromatic rings. The Hall–Kier alpha value is -2.32. The monoisotopic (exact) mass is 603 g/mol. The van der Waals surface area contributed by atoms with E-state index in [0.29, 0.717) is 69.5 Å². The molecule has 0 fully saturated rings. The van der Waals surface area contributed by atoms with E-state index >= 15 is 0 Å². The Balaban J connectivity index is 3.63. The number of carbonyl (C=O) groups excluding carboxylic acids is 4. The van der Waals surface area contributed by atoms with Crippen molar-refractivity contribution < 1.29 is 40.0 Å². The molecule has 0 aliphatic heterocycles. The highest BCUT2D eigenvalue weighted by Gasteiger charge is 2.12. The van der Waals surface area contributed by atoms with Crippen LogP contribution in [0.15, 0.2) is 0 Å². The van der Waals surface area contributed by atoms with Gasteiger partial charge in [0.2, 0.25) is 23.6 Å². The van der Waals surface area contributed by atoms with Crippen molar-refractivity contribution in [1.29, 1.82) is 0 Å². The molecule has 6 N–H and O–H groups in total. The number of unbranched alkanes of at least 4 members (excludes halogenated alkanes) is 12. The van der Waals surface area contributed by atoms with Crippen LogP contribution in [-0.4, -0.2) is 97.9 Å². The third kappa shape index (κ3) is 22.3. The molecule has 0 aliphatic rings. The minimum Gasteiger partial charge on any atom is -0.330 e. The zero-order valence-electron chi connectivity index (χ0n) is 25.8. The van der Waals surface area contributed by atoms with E-state index in [-0.39, 0.29) is 56.0 Å². The van der Waals surface area contributed by atoms with E-state index in [1.165, 1.54) is 7.05 Å². The van der Waals surface area contributed by atoms with Crippen molar-refractivity contribution in [3.05, 3.63) is 0 Å². The maximum absolute atomic E-state index is 12.1. The highest BCUT2D eigenvalue weighted by Crippen LogP contribution is 2.11. The molecule has 0 aromatic heterocycles. The quantitative estimate of drug-likeness (QED) is 0.0519. The van der Waals surface area contributed by atoms with Crippen molar-refractivity contribution in [2.75, 3.05) is 33.2 Å². The Kier molecular flexibility index (Phi) is 24.9. The number of amides is 4. The van der Waals surface area contributed by atoms with E-state index in [9.17, 15) is 34.8 Å². The molecule has 0 unspecified atom stereocenters. The predicted octanol–water partition coefficient (Wildman–Crippen LogP) is 4.25. The van der Waals surface area contributed by atoms with Gasteiger partial charge < -0.3 is 5.73 Å². The van der Waals surface area contributed by atoms with Crippen LogP contribution in [0.25, 0.3) is 0 Å². The lowest BCUT2D eigenvalue weighted by Gasteiger charge is -2.15. The van der Waals surface area contributed by atoms with E-state index in [1.807, 2.05) is 0 Å². The number of carbonyl (C=O) groups is 4. The second-order valence-corrected chi connectivity index (χ2v) is 10.9. The molecular formula is C29H57N5O8. The third-order valence-electron chi connectivity index (χ3n) is 7.10. The van der Waals surface area contributed by atoms with Gasteiger partial charge in [-0.3, -0.25) is 40.0 Å². The lowest BCUT2D eigenvalue weighted by Crippen LogP contribution is -2.28. The first-order chi connectivity index (χ1) is 20.1. The van der Waals surface area contributed by atoms with Gasteiger partial charge in [0.1, 0.15) is 0 Å². The molecule has 0 heterocycles. The summed E-state index contributed by atoms with van der Waals surface area (Å²) in [4.78, 5) is 47.0. The average molecular weight is 604 g/mol. The van der Waals surface area contributed by atoms with Crippen molar-refractivity contribution in [3.63, 3.8) is 0 Å². The summed E-state index contributed by atoms with van der Waals surface area (Å²) in [5, 5.41) is 41.4. The van der Waals surface area contributed by atoms with Crippen molar-refractivity contribution in [1.82, 2.24) is 20.3 Å². The fourth-order valence-electron chi connectivity index (χ4n) is 4.38. The van der Waals surface area contributed by atoms with Crippen LogP contribution in [0.1, 0.15) is 128 Å². The van der Waals surface area contributed by atoms with Crippen LogP contribution in [0.5, 0.6) is 0 Å². The number of nitrogens with zero attached hydrogens (tertiary/aromatic N) is 4. The molecule has 0 rings (SSSR count). The molecule has 0 aliphatic carbocycles. The molecule has 0 spiro atoms. The predicted molar refractivity (Wildman–Crippen MR) is 156 cm³/mol. The van der Waals surface area contributed by atoms with Crippen LogP contribution in [0.3, 0.4) is 0 Å². The lowest BCUT2D eigenvalue weighted by atomic mass is 10.1. The van der Waals surface area contributed by atoms with Crippen LogP contribution in [0.2, 0.25) is 0 Å². The number of hydroxylamine groups is 8. The summed E-state index contributed by atoms with van der Waals surface area (Å²) in [6.07, 6.45) is 13.5. The van der Waals surface area contributed by atoms with Gasteiger partial charge in [0.05, 0.1) is 0 Å². The maximum Gasteiger partial charge on any atom is 0.245 e. The second-order valence-electron chi connectivity index (χ2n) is 10.9. The van der Waals surface area contributed by atoms with Crippen molar-refractivity contribution in [2.24, 2.45) is 5.73 Å². The largest absolute Gasteiger partial charge is 0.330 e. The number of nitrogens with two attached hydrogens (primary N) is 1. The van der Waals surface area contributed by atoms with Gasteiger partial charge in [-0.15, -0.1) is 0 Å². The molecule has 0 bridgehead atoms. The van der Waals surface area contributed by atoms with Crippen molar-refractivity contribution in [3.8, 4) is 0 Å². The molecule has 42 heavy (non-hydrogen) atoms. The summed E-state index contributed by atoms with van der Waals surface area (Å²) >= 11 is 0. The van der Waals surface area contributed by atoms with E-state index in [4.69, 9.17) is 10.9 Å². The summed E-state index contributed by atoms with van der Waals surface area (Å²) in [7, 11) is 1.31. The topological polar surface area (TPSA) is 188 Å². The SMILES string of the molecule is CN(O)C(=O)CCCCCCCN(O)C(=O)CCCCCCCN(O)C(=O)CCCCCCCN(O)C(=O)CCCN. The molecule has 246 valence electrons. The number of hydrogen-bond acceptors (Lipinski definition) is 9. The van der Waals surface area contributed by atoms with E-state index < -0.39 is 0 Å². The van der Waals surface area contributed by atoms with E-state index in [2.05, 4.69) is 0 Å². The Labute approximate surface area is 251 Å². The number of rotatable bonds is 27. The smallest absolute Gasteiger partial charge is 0.245 e.